The Bertz CT molecular complexity index is 1060. The van der Waals surface area contributed by atoms with E-state index in [-0.39, 0.29) is 17.4 Å². The molecule has 0 unspecified atom stereocenters. The summed E-state index contributed by atoms with van der Waals surface area (Å²) < 4.78 is 1.85. The molecule has 3 aliphatic rings. The minimum absolute atomic E-state index is 0.00468. The minimum Gasteiger partial charge on any atom is -0.480 e. The molecule has 3 N–H and O–H groups in total. The van der Waals surface area contributed by atoms with Gasteiger partial charge in [-0.15, -0.1) is 0 Å². The SMILES string of the molecule is O=C(O)[C@H](CO)Nc1nc2ccccc2n([C@@H]2C[C@H]3CC[C@@H](C2)N3C2CCCCCCC2)c1=O. The van der Waals surface area contributed by atoms with Crippen LogP contribution < -0.4 is 10.9 Å². The number of carboxylic acids is 1. The van der Waals surface area contributed by atoms with Gasteiger partial charge in [-0.05, 0) is 50.7 Å². The number of hydrogen-bond donors (Lipinski definition) is 3. The molecule has 3 heterocycles. The molecule has 2 aromatic rings. The van der Waals surface area contributed by atoms with Gasteiger partial charge in [-0.2, -0.15) is 0 Å². The van der Waals surface area contributed by atoms with Crippen LogP contribution in [0.5, 0.6) is 0 Å². The fourth-order valence-corrected chi connectivity index (χ4v) is 6.69. The normalized spacial score (nSPS) is 27.3. The van der Waals surface area contributed by atoms with Crippen molar-refractivity contribution in [1.82, 2.24) is 14.5 Å². The molecule has 184 valence electrons. The topological polar surface area (TPSA) is 108 Å². The van der Waals surface area contributed by atoms with E-state index in [4.69, 9.17) is 0 Å². The first-order chi connectivity index (χ1) is 16.6. The Morgan fingerprint density at radius 1 is 0.971 bits per heavy atom. The van der Waals surface area contributed by atoms with Crippen LogP contribution in [0.25, 0.3) is 11.0 Å². The predicted molar refractivity (Wildman–Crippen MR) is 131 cm³/mol. The van der Waals surface area contributed by atoms with Gasteiger partial charge in [0.2, 0.25) is 0 Å². The van der Waals surface area contributed by atoms with Crippen molar-refractivity contribution in [3.8, 4) is 0 Å². The Morgan fingerprint density at radius 3 is 2.26 bits per heavy atom. The highest BCUT2D eigenvalue weighted by Crippen LogP contribution is 2.44. The molecule has 0 spiro atoms. The summed E-state index contributed by atoms with van der Waals surface area (Å²) in [7, 11) is 0. The molecule has 8 nitrogen and oxygen atoms in total. The van der Waals surface area contributed by atoms with E-state index < -0.39 is 18.6 Å². The van der Waals surface area contributed by atoms with Crippen molar-refractivity contribution in [2.24, 2.45) is 0 Å². The Labute approximate surface area is 200 Å². The molecule has 8 heteroatoms. The van der Waals surface area contributed by atoms with E-state index in [1.165, 1.54) is 57.8 Å². The number of para-hydroxylation sites is 2. The van der Waals surface area contributed by atoms with Crippen LogP contribution in [0, 0.1) is 0 Å². The van der Waals surface area contributed by atoms with Gasteiger partial charge in [-0.1, -0.05) is 44.2 Å². The highest BCUT2D eigenvalue weighted by atomic mass is 16.4. The fourth-order valence-electron chi connectivity index (χ4n) is 6.69. The molecule has 2 bridgehead atoms. The highest BCUT2D eigenvalue weighted by molar-refractivity contribution is 5.79. The maximum atomic E-state index is 13.6. The average molecular weight is 469 g/mol. The number of aromatic nitrogens is 2. The molecule has 1 aromatic heterocycles. The largest absolute Gasteiger partial charge is 0.480 e. The highest BCUT2D eigenvalue weighted by Gasteiger charge is 2.44. The second-order valence-electron chi connectivity index (χ2n) is 10.3. The lowest BCUT2D eigenvalue weighted by Gasteiger charge is -2.45. The zero-order valence-electron chi connectivity index (χ0n) is 19.7. The van der Waals surface area contributed by atoms with E-state index in [1.807, 2.05) is 28.8 Å². The molecule has 0 amide bonds. The van der Waals surface area contributed by atoms with Crippen molar-refractivity contribution in [3.63, 3.8) is 0 Å². The third kappa shape index (κ3) is 4.45. The number of anilines is 1. The molecule has 0 radical (unpaired) electrons. The van der Waals surface area contributed by atoms with Gasteiger partial charge in [0.25, 0.3) is 5.56 Å². The number of fused-ring (bicyclic) bond motifs is 3. The summed E-state index contributed by atoms with van der Waals surface area (Å²) in [5.74, 6) is -1.22. The first-order valence-electron chi connectivity index (χ1n) is 13.0. The van der Waals surface area contributed by atoms with Gasteiger partial charge in [0.15, 0.2) is 5.82 Å². The van der Waals surface area contributed by atoms with Crippen molar-refractivity contribution >= 4 is 22.8 Å². The van der Waals surface area contributed by atoms with Crippen LogP contribution in [0.2, 0.25) is 0 Å². The first-order valence-corrected chi connectivity index (χ1v) is 13.0. The molecule has 4 atom stereocenters. The van der Waals surface area contributed by atoms with Gasteiger partial charge >= 0.3 is 5.97 Å². The van der Waals surface area contributed by atoms with Crippen LogP contribution in [0.4, 0.5) is 5.82 Å². The van der Waals surface area contributed by atoms with Crippen LogP contribution in [-0.2, 0) is 4.79 Å². The summed E-state index contributed by atoms with van der Waals surface area (Å²) in [6.07, 6.45) is 13.5. The number of piperidine rings is 1. The second-order valence-corrected chi connectivity index (χ2v) is 10.3. The number of nitrogens with one attached hydrogen (secondary N) is 1. The van der Waals surface area contributed by atoms with E-state index in [2.05, 4.69) is 15.2 Å². The summed E-state index contributed by atoms with van der Waals surface area (Å²) in [4.78, 5) is 32.3. The molecule has 2 saturated heterocycles. The number of aliphatic hydroxyl groups is 1. The maximum absolute atomic E-state index is 13.6. The number of nitrogens with zero attached hydrogens (tertiary/aromatic N) is 3. The number of carboxylic acid groups (broad SMARTS) is 1. The zero-order chi connectivity index (χ0) is 23.7. The van der Waals surface area contributed by atoms with Crippen molar-refractivity contribution in [2.75, 3.05) is 11.9 Å². The zero-order valence-corrected chi connectivity index (χ0v) is 19.7. The molecular formula is C26H36N4O4. The molecular weight excluding hydrogens is 432 g/mol. The van der Waals surface area contributed by atoms with E-state index in [0.29, 0.717) is 23.6 Å². The van der Waals surface area contributed by atoms with Crippen LogP contribution in [0.3, 0.4) is 0 Å². The summed E-state index contributed by atoms with van der Waals surface area (Å²) in [6.45, 7) is -0.618. The van der Waals surface area contributed by atoms with Crippen LogP contribution in [0.1, 0.15) is 76.7 Å². The minimum atomic E-state index is -1.27. The Balaban J connectivity index is 1.46. The molecule has 34 heavy (non-hydrogen) atoms. The summed E-state index contributed by atoms with van der Waals surface area (Å²) in [5.41, 5.74) is 1.14. The fraction of sp³-hybridized carbons (Fsp3) is 0.654. The van der Waals surface area contributed by atoms with E-state index >= 15 is 0 Å². The quantitative estimate of drug-likeness (QED) is 0.595. The summed E-state index contributed by atoms with van der Waals surface area (Å²) in [5, 5.41) is 21.5. The molecule has 2 aliphatic heterocycles. The third-order valence-electron chi connectivity index (χ3n) is 8.21. The lowest BCUT2D eigenvalue weighted by Crippen LogP contribution is -2.50. The molecule has 1 saturated carbocycles. The lowest BCUT2D eigenvalue weighted by molar-refractivity contribution is -0.138. The average Bonchev–Trinajstić information content (AvgIpc) is 3.06. The number of rotatable bonds is 6. The monoisotopic (exact) mass is 468 g/mol. The Morgan fingerprint density at radius 2 is 1.62 bits per heavy atom. The number of carbonyl (C=O) groups is 1. The number of aliphatic hydroxyl groups excluding tert-OH is 1. The van der Waals surface area contributed by atoms with Gasteiger partial charge in [0.05, 0.1) is 17.6 Å². The first kappa shape index (κ1) is 23.3. The van der Waals surface area contributed by atoms with Gasteiger partial charge in [-0.25, -0.2) is 9.78 Å². The third-order valence-corrected chi connectivity index (χ3v) is 8.21. The van der Waals surface area contributed by atoms with Crippen LogP contribution >= 0.6 is 0 Å². The Hall–Kier alpha value is -2.45. The van der Waals surface area contributed by atoms with Gasteiger partial charge in [0, 0.05) is 24.2 Å². The van der Waals surface area contributed by atoms with Crippen LogP contribution in [-0.4, -0.2) is 61.4 Å². The van der Waals surface area contributed by atoms with E-state index in [9.17, 15) is 19.8 Å². The lowest BCUT2D eigenvalue weighted by atomic mass is 9.89. The summed E-state index contributed by atoms with van der Waals surface area (Å²) in [6, 6.07) is 8.01. The van der Waals surface area contributed by atoms with Crippen molar-refractivity contribution in [3.05, 3.63) is 34.6 Å². The molecule has 1 aliphatic carbocycles. The van der Waals surface area contributed by atoms with Gasteiger partial charge in [-0.3, -0.25) is 9.69 Å². The molecule has 1 aromatic carbocycles. The molecule has 3 fully saturated rings. The number of aliphatic carboxylic acids is 1. The van der Waals surface area contributed by atoms with Crippen molar-refractivity contribution in [2.45, 2.75) is 101 Å². The van der Waals surface area contributed by atoms with E-state index in [1.54, 1.807) is 0 Å². The van der Waals surface area contributed by atoms with Crippen molar-refractivity contribution in [1.29, 1.82) is 0 Å². The number of benzene rings is 1. The van der Waals surface area contributed by atoms with Gasteiger partial charge < -0.3 is 20.1 Å². The smallest absolute Gasteiger partial charge is 0.328 e. The van der Waals surface area contributed by atoms with E-state index in [0.717, 1.165) is 18.4 Å². The van der Waals surface area contributed by atoms with Crippen LogP contribution in [0.15, 0.2) is 29.1 Å². The number of hydrogen-bond acceptors (Lipinski definition) is 6. The second kappa shape index (κ2) is 10.0. The standard InChI is InChI=1S/C26H36N4O4/c31-16-22(26(33)34)28-24-25(32)30(23-11-7-6-10-21(23)27-24)20-14-18-12-13-19(15-20)29(18)17-8-4-2-1-3-5-9-17/h6-7,10-11,17-20,22,31H,1-5,8-9,12-16H2,(H,27,28)(H,33,34)/t18-,19+,20-,22-/m0/s1. The van der Waals surface area contributed by atoms with Gasteiger partial charge in [0.1, 0.15) is 6.04 Å². The predicted octanol–water partition coefficient (Wildman–Crippen LogP) is 3.53. The summed E-state index contributed by atoms with van der Waals surface area (Å²) >= 11 is 0. The Kier molecular flexibility index (Phi) is 6.88. The maximum Gasteiger partial charge on any atom is 0.328 e. The molecule has 5 rings (SSSR count). The van der Waals surface area contributed by atoms with Crippen molar-refractivity contribution < 1.29 is 15.0 Å².